The van der Waals surface area contributed by atoms with Crippen molar-refractivity contribution in [1.29, 1.82) is 0 Å². The highest BCUT2D eigenvalue weighted by Crippen LogP contribution is 2.23. The largest absolute Gasteiger partial charge is 0.382 e. The summed E-state index contributed by atoms with van der Waals surface area (Å²) in [7, 11) is 2.21. The van der Waals surface area contributed by atoms with E-state index in [1.54, 1.807) is 0 Å². The summed E-state index contributed by atoms with van der Waals surface area (Å²) in [5.41, 5.74) is 2.26. The fourth-order valence-electron chi connectivity index (χ4n) is 2.39. The Morgan fingerprint density at radius 2 is 2.24 bits per heavy atom. The molecule has 1 aromatic carbocycles. The lowest BCUT2D eigenvalue weighted by Crippen LogP contribution is -2.40. The monoisotopic (exact) mass is 252 g/mol. The average Bonchev–Trinajstić information content (AvgIpc) is 2.30. The lowest BCUT2D eigenvalue weighted by molar-refractivity contribution is 0.194. The Morgan fingerprint density at radius 3 is 2.94 bits per heavy atom. The second-order valence-electron chi connectivity index (χ2n) is 4.99. The van der Waals surface area contributed by atoms with Crippen LogP contribution in [0.2, 0.25) is 5.02 Å². The Hall–Kier alpha value is -0.730. The SMILES string of the molecule is Cc1ccc(NCC2CCCCN2C)c(Cl)c1. The van der Waals surface area contributed by atoms with Gasteiger partial charge in [0.2, 0.25) is 0 Å². The summed E-state index contributed by atoms with van der Waals surface area (Å²) in [5.74, 6) is 0. The lowest BCUT2D eigenvalue weighted by atomic mass is 10.0. The molecule has 3 heteroatoms. The van der Waals surface area contributed by atoms with Gasteiger partial charge in [-0.3, -0.25) is 0 Å². The first kappa shape index (κ1) is 12.7. The summed E-state index contributed by atoms with van der Waals surface area (Å²) in [5, 5.41) is 4.29. The van der Waals surface area contributed by atoms with Gasteiger partial charge in [0.25, 0.3) is 0 Å². The van der Waals surface area contributed by atoms with E-state index >= 15 is 0 Å². The molecule has 17 heavy (non-hydrogen) atoms. The first-order chi connectivity index (χ1) is 8.16. The van der Waals surface area contributed by atoms with Crippen molar-refractivity contribution < 1.29 is 0 Å². The van der Waals surface area contributed by atoms with Crippen LogP contribution in [-0.2, 0) is 0 Å². The zero-order valence-electron chi connectivity index (χ0n) is 10.7. The molecule has 1 aliphatic rings. The molecule has 1 aliphatic heterocycles. The van der Waals surface area contributed by atoms with Crippen molar-refractivity contribution in [3.8, 4) is 0 Å². The number of aryl methyl sites for hydroxylation is 1. The molecule has 0 bridgehead atoms. The highest BCUT2D eigenvalue weighted by molar-refractivity contribution is 6.33. The van der Waals surface area contributed by atoms with E-state index in [0.29, 0.717) is 6.04 Å². The fourth-order valence-corrected chi connectivity index (χ4v) is 2.70. The summed E-state index contributed by atoms with van der Waals surface area (Å²) in [4.78, 5) is 2.44. The highest BCUT2D eigenvalue weighted by Gasteiger charge is 2.18. The molecule has 1 unspecified atom stereocenters. The molecule has 0 aliphatic carbocycles. The molecule has 0 saturated carbocycles. The molecule has 0 amide bonds. The maximum Gasteiger partial charge on any atom is 0.0640 e. The van der Waals surface area contributed by atoms with Crippen LogP contribution in [0.4, 0.5) is 5.69 Å². The van der Waals surface area contributed by atoms with Crippen LogP contribution < -0.4 is 5.32 Å². The minimum Gasteiger partial charge on any atom is -0.382 e. The van der Waals surface area contributed by atoms with Gasteiger partial charge < -0.3 is 10.2 Å². The molecule has 2 rings (SSSR count). The Kier molecular flexibility index (Phi) is 4.30. The van der Waals surface area contributed by atoms with Crippen LogP contribution in [0.3, 0.4) is 0 Å². The predicted molar refractivity (Wildman–Crippen MR) is 74.9 cm³/mol. The minimum absolute atomic E-state index is 0.640. The van der Waals surface area contributed by atoms with Crippen molar-refractivity contribution in [3.05, 3.63) is 28.8 Å². The quantitative estimate of drug-likeness (QED) is 0.885. The van der Waals surface area contributed by atoms with Gasteiger partial charge in [-0.15, -0.1) is 0 Å². The minimum atomic E-state index is 0.640. The maximum absolute atomic E-state index is 6.21. The van der Waals surface area contributed by atoms with Crippen LogP contribution in [0.1, 0.15) is 24.8 Å². The van der Waals surface area contributed by atoms with Crippen molar-refractivity contribution in [1.82, 2.24) is 4.90 Å². The van der Waals surface area contributed by atoms with Gasteiger partial charge in [-0.05, 0) is 51.1 Å². The van der Waals surface area contributed by atoms with Crippen LogP contribution in [0, 0.1) is 6.92 Å². The Morgan fingerprint density at radius 1 is 1.41 bits per heavy atom. The maximum atomic E-state index is 6.21. The van der Waals surface area contributed by atoms with Crippen molar-refractivity contribution in [2.45, 2.75) is 32.2 Å². The van der Waals surface area contributed by atoms with E-state index in [1.165, 1.54) is 31.4 Å². The summed E-state index contributed by atoms with van der Waals surface area (Å²) in [6.45, 7) is 4.26. The number of benzene rings is 1. The number of likely N-dealkylation sites (N-methyl/N-ethyl adjacent to an activating group) is 1. The molecule has 0 aromatic heterocycles. The first-order valence-electron chi connectivity index (χ1n) is 6.37. The van der Waals surface area contributed by atoms with Crippen molar-refractivity contribution in [2.75, 3.05) is 25.5 Å². The van der Waals surface area contributed by atoms with Crippen LogP contribution >= 0.6 is 11.6 Å². The molecule has 1 fully saturated rings. The number of halogens is 1. The smallest absolute Gasteiger partial charge is 0.0640 e. The number of hydrogen-bond acceptors (Lipinski definition) is 2. The normalized spacial score (nSPS) is 21.5. The van der Waals surface area contributed by atoms with Gasteiger partial charge in [0, 0.05) is 12.6 Å². The number of nitrogens with one attached hydrogen (secondary N) is 1. The molecule has 1 aromatic rings. The van der Waals surface area contributed by atoms with Crippen molar-refractivity contribution >= 4 is 17.3 Å². The van der Waals surface area contributed by atoms with E-state index in [1.807, 2.05) is 6.07 Å². The Labute approximate surface area is 109 Å². The van der Waals surface area contributed by atoms with E-state index in [-0.39, 0.29) is 0 Å². The number of nitrogens with zero attached hydrogens (tertiary/aromatic N) is 1. The van der Waals surface area contributed by atoms with E-state index in [0.717, 1.165) is 17.3 Å². The molecule has 1 N–H and O–H groups in total. The Balaban J connectivity index is 1.92. The molecular formula is C14H21ClN2. The number of anilines is 1. The number of piperidine rings is 1. The number of hydrogen-bond donors (Lipinski definition) is 1. The van der Waals surface area contributed by atoms with Gasteiger partial charge in [0.05, 0.1) is 10.7 Å². The first-order valence-corrected chi connectivity index (χ1v) is 6.75. The van der Waals surface area contributed by atoms with Crippen LogP contribution in [0.15, 0.2) is 18.2 Å². The van der Waals surface area contributed by atoms with Gasteiger partial charge >= 0.3 is 0 Å². The summed E-state index contributed by atoms with van der Waals surface area (Å²) < 4.78 is 0. The van der Waals surface area contributed by atoms with Crippen LogP contribution in [0.5, 0.6) is 0 Å². The summed E-state index contributed by atoms with van der Waals surface area (Å²) in [6.07, 6.45) is 3.96. The molecule has 94 valence electrons. The van der Waals surface area contributed by atoms with Gasteiger partial charge in [-0.25, -0.2) is 0 Å². The zero-order valence-corrected chi connectivity index (χ0v) is 11.4. The molecular weight excluding hydrogens is 232 g/mol. The van der Waals surface area contributed by atoms with Gasteiger partial charge in [0.15, 0.2) is 0 Å². The molecule has 2 nitrogen and oxygen atoms in total. The molecule has 1 saturated heterocycles. The second kappa shape index (κ2) is 5.74. The predicted octanol–water partition coefficient (Wildman–Crippen LogP) is 3.54. The fraction of sp³-hybridized carbons (Fsp3) is 0.571. The third-order valence-corrected chi connectivity index (χ3v) is 3.89. The van der Waals surface area contributed by atoms with Gasteiger partial charge in [-0.2, -0.15) is 0 Å². The molecule has 1 atom stereocenters. The van der Waals surface area contributed by atoms with Crippen molar-refractivity contribution in [2.24, 2.45) is 0 Å². The number of rotatable bonds is 3. The number of likely N-dealkylation sites (tertiary alicyclic amines) is 1. The Bertz CT molecular complexity index is 378. The van der Waals surface area contributed by atoms with E-state index in [9.17, 15) is 0 Å². The van der Waals surface area contributed by atoms with Crippen LogP contribution in [-0.4, -0.2) is 31.1 Å². The molecule has 0 radical (unpaired) electrons. The molecule has 0 spiro atoms. The van der Waals surface area contributed by atoms with Gasteiger partial charge in [-0.1, -0.05) is 24.1 Å². The average molecular weight is 253 g/mol. The van der Waals surface area contributed by atoms with E-state index < -0.39 is 0 Å². The van der Waals surface area contributed by atoms with Crippen molar-refractivity contribution in [3.63, 3.8) is 0 Å². The summed E-state index contributed by atoms with van der Waals surface area (Å²) in [6, 6.07) is 6.81. The highest BCUT2D eigenvalue weighted by atomic mass is 35.5. The lowest BCUT2D eigenvalue weighted by Gasteiger charge is -2.32. The van der Waals surface area contributed by atoms with E-state index in [2.05, 4.69) is 36.3 Å². The van der Waals surface area contributed by atoms with Crippen LogP contribution in [0.25, 0.3) is 0 Å². The summed E-state index contributed by atoms with van der Waals surface area (Å²) >= 11 is 6.21. The van der Waals surface area contributed by atoms with Gasteiger partial charge in [0.1, 0.15) is 0 Å². The third-order valence-electron chi connectivity index (χ3n) is 3.57. The third kappa shape index (κ3) is 3.36. The second-order valence-corrected chi connectivity index (χ2v) is 5.40. The topological polar surface area (TPSA) is 15.3 Å². The van der Waals surface area contributed by atoms with E-state index in [4.69, 9.17) is 11.6 Å². The molecule has 1 heterocycles. The standard InChI is InChI=1S/C14H21ClN2/c1-11-6-7-14(13(15)9-11)16-10-12-5-3-4-8-17(12)2/h6-7,9,12,16H,3-5,8,10H2,1-2H3. The zero-order chi connectivity index (χ0) is 12.3.